The van der Waals surface area contributed by atoms with Crippen LogP contribution in [0.3, 0.4) is 0 Å². The quantitative estimate of drug-likeness (QED) is 0.325. The second-order valence-electron chi connectivity index (χ2n) is 8.96. The fraction of sp³-hybridized carbons (Fsp3) is 0.400. The molecule has 0 spiro atoms. The van der Waals surface area contributed by atoms with Crippen molar-refractivity contribution in [3.63, 3.8) is 0 Å². The molecule has 4 rings (SSSR count). The van der Waals surface area contributed by atoms with Crippen molar-refractivity contribution >= 4 is 34.5 Å². The van der Waals surface area contributed by atoms with E-state index >= 15 is 0 Å². The van der Waals surface area contributed by atoms with Gasteiger partial charge in [0.05, 0.1) is 6.10 Å². The molecule has 1 saturated heterocycles. The highest BCUT2D eigenvalue weighted by Gasteiger charge is 2.25. The molecule has 1 fully saturated rings. The summed E-state index contributed by atoms with van der Waals surface area (Å²) >= 11 is 0. The van der Waals surface area contributed by atoms with Crippen molar-refractivity contribution in [2.24, 2.45) is 11.7 Å². The van der Waals surface area contributed by atoms with Crippen LogP contribution in [0.25, 0.3) is 11.2 Å². The van der Waals surface area contributed by atoms with Gasteiger partial charge in [0.2, 0.25) is 5.91 Å². The molecule has 6 N–H and O–H groups in total. The molecule has 0 unspecified atom stereocenters. The molecule has 0 bridgehead atoms. The number of carbonyl (C=O) groups is 1. The lowest BCUT2D eigenvalue weighted by atomic mass is 9.95. The topological polar surface area (TPSA) is 130 Å². The van der Waals surface area contributed by atoms with Crippen molar-refractivity contribution in [3.05, 3.63) is 53.7 Å². The highest BCUT2D eigenvalue weighted by atomic mass is 16.3. The summed E-state index contributed by atoms with van der Waals surface area (Å²) in [4.78, 5) is 16.4. The molecule has 9 nitrogen and oxygen atoms in total. The number of hydrogen-bond donors (Lipinski definition) is 5. The summed E-state index contributed by atoms with van der Waals surface area (Å²) in [7, 11) is 0. The second kappa shape index (κ2) is 10.2. The van der Waals surface area contributed by atoms with E-state index in [1.165, 1.54) is 0 Å². The Morgan fingerprint density at radius 3 is 2.91 bits per heavy atom. The van der Waals surface area contributed by atoms with Crippen LogP contribution in [0.15, 0.2) is 42.6 Å². The number of aliphatic hydroxyl groups excluding tert-OH is 1. The van der Waals surface area contributed by atoms with Gasteiger partial charge in [-0.1, -0.05) is 32.1 Å². The number of fused-ring (bicyclic) bond motifs is 1. The number of piperidine rings is 1. The molecule has 1 amide bonds. The largest absolute Gasteiger partial charge is 0.391 e. The number of nitrogens with one attached hydrogen (secondary N) is 3. The van der Waals surface area contributed by atoms with Crippen LogP contribution in [0.4, 0.5) is 17.3 Å². The fourth-order valence-corrected chi connectivity index (χ4v) is 4.45. The summed E-state index contributed by atoms with van der Waals surface area (Å²) in [6, 6.07) is 9.41. The highest BCUT2D eigenvalue weighted by Crippen LogP contribution is 2.30. The number of rotatable bonds is 8. The summed E-state index contributed by atoms with van der Waals surface area (Å²) in [6.07, 6.45) is 4.02. The molecule has 1 aromatic carbocycles. The van der Waals surface area contributed by atoms with Gasteiger partial charge in [-0.15, -0.1) is 5.10 Å². The zero-order valence-corrected chi connectivity index (χ0v) is 19.9. The van der Waals surface area contributed by atoms with E-state index in [2.05, 4.69) is 34.8 Å². The minimum absolute atomic E-state index is 0.172. The number of anilines is 3. The normalized spacial score (nSPS) is 18.9. The molecular weight excluding hydrogens is 430 g/mol. The second-order valence-corrected chi connectivity index (χ2v) is 8.96. The Labute approximate surface area is 199 Å². The van der Waals surface area contributed by atoms with E-state index in [1.54, 1.807) is 23.7 Å². The number of carbonyl (C=O) groups excluding carboxylic acids is 1. The first-order valence-corrected chi connectivity index (χ1v) is 11.7. The van der Waals surface area contributed by atoms with Crippen molar-refractivity contribution in [3.8, 4) is 0 Å². The van der Waals surface area contributed by atoms with Gasteiger partial charge in [0.25, 0.3) is 0 Å². The smallest absolute Gasteiger partial charge is 0.248 e. The Hall–Kier alpha value is -3.43. The van der Waals surface area contributed by atoms with E-state index in [0.717, 1.165) is 47.1 Å². The first kappa shape index (κ1) is 23.7. The van der Waals surface area contributed by atoms with Gasteiger partial charge in [0.15, 0.2) is 11.5 Å². The first-order valence-electron chi connectivity index (χ1n) is 11.7. The van der Waals surface area contributed by atoms with Gasteiger partial charge in [-0.2, -0.15) is 4.52 Å². The Balaban J connectivity index is 1.65. The molecule has 0 radical (unpaired) electrons. The molecule has 1 aliphatic rings. The molecule has 1 aliphatic heterocycles. The number of aromatic nitrogens is 3. The molecule has 0 aliphatic carbocycles. The number of hydrogen-bond acceptors (Lipinski definition) is 7. The van der Waals surface area contributed by atoms with Crippen LogP contribution in [0.1, 0.15) is 44.2 Å². The molecule has 3 heterocycles. The molecule has 2 atom stereocenters. The van der Waals surface area contributed by atoms with Crippen LogP contribution in [0.2, 0.25) is 0 Å². The number of benzene rings is 1. The third-order valence-corrected chi connectivity index (χ3v) is 6.25. The lowest BCUT2D eigenvalue weighted by Gasteiger charge is -2.28. The Morgan fingerprint density at radius 1 is 1.38 bits per heavy atom. The number of primary amides is 1. The van der Waals surface area contributed by atoms with Crippen LogP contribution in [-0.4, -0.2) is 51.4 Å². The Morgan fingerprint density at radius 2 is 2.21 bits per heavy atom. The lowest BCUT2D eigenvalue weighted by molar-refractivity contribution is -0.112. The van der Waals surface area contributed by atoms with Gasteiger partial charge < -0.3 is 26.8 Å². The number of nitrogens with two attached hydrogens (primary N) is 1. The van der Waals surface area contributed by atoms with E-state index < -0.39 is 5.91 Å². The monoisotopic (exact) mass is 463 g/mol. The maximum Gasteiger partial charge on any atom is 0.248 e. The highest BCUT2D eigenvalue weighted by molar-refractivity contribution is 6.18. The van der Waals surface area contributed by atoms with E-state index in [0.29, 0.717) is 18.7 Å². The average Bonchev–Trinajstić information content (AvgIpc) is 3.19. The summed E-state index contributed by atoms with van der Waals surface area (Å²) in [6.45, 7) is 8.21. The van der Waals surface area contributed by atoms with E-state index in [1.807, 2.05) is 30.3 Å². The van der Waals surface area contributed by atoms with Crippen LogP contribution < -0.4 is 21.7 Å². The molecule has 9 heteroatoms. The van der Waals surface area contributed by atoms with E-state index in [9.17, 15) is 9.90 Å². The van der Waals surface area contributed by atoms with Crippen molar-refractivity contribution in [1.29, 1.82) is 0 Å². The summed E-state index contributed by atoms with van der Waals surface area (Å²) < 4.78 is 1.80. The summed E-state index contributed by atoms with van der Waals surface area (Å²) in [5.41, 5.74) is 9.35. The zero-order chi connectivity index (χ0) is 24.2. The first-order chi connectivity index (χ1) is 16.4. The summed E-state index contributed by atoms with van der Waals surface area (Å²) in [5, 5.41) is 25.2. The third-order valence-electron chi connectivity index (χ3n) is 6.25. The molecule has 3 aromatic rings. The fourth-order valence-electron chi connectivity index (χ4n) is 4.45. The number of allylic oxidation sites excluding steroid dienone is 1. The van der Waals surface area contributed by atoms with Gasteiger partial charge in [0.1, 0.15) is 5.82 Å². The SMILES string of the molecule is CC=C(C(N)=O)c1cccc(Nc2ccnc3c(C(C)C)c(NC[C@H]4CCNC[C@@H]4O)nn23)c1. The number of amides is 1. The molecular formula is C25H33N7O2. The minimum atomic E-state index is -0.464. The average molecular weight is 464 g/mol. The number of nitrogens with zero attached hydrogens (tertiary/aromatic N) is 3. The minimum Gasteiger partial charge on any atom is -0.391 e. The van der Waals surface area contributed by atoms with Crippen LogP contribution in [0.5, 0.6) is 0 Å². The predicted octanol–water partition coefficient (Wildman–Crippen LogP) is 2.87. The number of aliphatic hydroxyl groups is 1. The predicted molar refractivity (Wildman–Crippen MR) is 135 cm³/mol. The van der Waals surface area contributed by atoms with Crippen molar-refractivity contribution in [1.82, 2.24) is 19.9 Å². The van der Waals surface area contributed by atoms with E-state index in [-0.39, 0.29) is 17.9 Å². The van der Waals surface area contributed by atoms with Gasteiger partial charge >= 0.3 is 0 Å². The van der Waals surface area contributed by atoms with Gasteiger partial charge in [0, 0.05) is 42.0 Å². The van der Waals surface area contributed by atoms with E-state index in [4.69, 9.17) is 10.8 Å². The Bertz CT molecular complexity index is 1200. The lowest BCUT2D eigenvalue weighted by Crippen LogP contribution is -2.43. The van der Waals surface area contributed by atoms with Crippen molar-refractivity contribution in [2.75, 3.05) is 30.3 Å². The summed E-state index contributed by atoms with van der Waals surface area (Å²) in [5.74, 6) is 1.44. The molecule has 2 aromatic heterocycles. The number of β-amino-alcohol motifs (C(OH)–C–C–N with tert-alkyl or cyclic N) is 1. The van der Waals surface area contributed by atoms with Crippen molar-refractivity contribution in [2.45, 2.75) is 39.2 Å². The Kier molecular flexibility index (Phi) is 7.14. The van der Waals surface area contributed by atoms with Crippen LogP contribution in [-0.2, 0) is 4.79 Å². The molecule has 180 valence electrons. The maximum atomic E-state index is 11.8. The third kappa shape index (κ3) is 4.90. The zero-order valence-electron chi connectivity index (χ0n) is 19.9. The molecule has 34 heavy (non-hydrogen) atoms. The van der Waals surface area contributed by atoms with Gasteiger partial charge in [-0.3, -0.25) is 4.79 Å². The van der Waals surface area contributed by atoms with Gasteiger partial charge in [-0.05, 0) is 49.6 Å². The van der Waals surface area contributed by atoms with Gasteiger partial charge in [-0.25, -0.2) is 4.98 Å². The maximum absolute atomic E-state index is 11.8. The van der Waals surface area contributed by atoms with Crippen molar-refractivity contribution < 1.29 is 9.90 Å². The van der Waals surface area contributed by atoms with Crippen LogP contribution >= 0.6 is 0 Å². The molecule has 0 saturated carbocycles. The standard InChI is InChI=1S/C25H33N7O2/c1-4-19(23(26)34)16-6-5-7-18(12-16)30-21-9-11-28-25-22(15(2)3)24(31-32(21)25)29-13-17-8-10-27-14-20(17)33/h4-7,9,11-12,15,17,20,27,30,33H,8,10,13-14H2,1-3H3,(H2,26,34)(H,29,31)/t17-,20+/m1/s1. The van der Waals surface area contributed by atoms with Crippen LogP contribution in [0, 0.1) is 5.92 Å².